The summed E-state index contributed by atoms with van der Waals surface area (Å²) in [5.41, 5.74) is 4.99. The maximum atomic E-state index is 12.7. The molecule has 0 aromatic heterocycles. The molecule has 1 fully saturated rings. The number of rotatable bonds is 10. The van der Waals surface area contributed by atoms with Crippen molar-refractivity contribution >= 4 is 30.6 Å². The number of phosphoric ester groups is 1. The summed E-state index contributed by atoms with van der Waals surface area (Å²) in [6.45, 7) is 5.38. The predicted octanol–water partition coefficient (Wildman–Crippen LogP) is 3.73. The molecule has 1 aliphatic heterocycles. The van der Waals surface area contributed by atoms with Gasteiger partial charge in [-0.3, -0.25) is 9.32 Å². The lowest BCUT2D eigenvalue weighted by Crippen LogP contribution is -2.34. The van der Waals surface area contributed by atoms with Gasteiger partial charge in [-0.1, -0.05) is 48.0 Å². The highest BCUT2D eigenvalue weighted by Crippen LogP contribution is 2.36. The zero-order chi connectivity index (χ0) is 25.4. The third kappa shape index (κ3) is 7.65. The van der Waals surface area contributed by atoms with Gasteiger partial charge in [0.05, 0.1) is 0 Å². The molecular weight excluding hydrogens is 491 g/mol. The normalized spacial score (nSPS) is 15.6. The molecule has 1 unspecified atom stereocenters. The molecule has 2 aromatic rings. The van der Waals surface area contributed by atoms with Gasteiger partial charge in [0, 0.05) is 31.7 Å². The SMILES string of the molecule is CCN(CC)C(=O)c1ccc(C(=C2CCN(S(=O)OCOP(=O)(O)O)CC2)c2ccccc2)cc1. The minimum Gasteiger partial charge on any atom is -0.339 e. The smallest absolute Gasteiger partial charge is 0.339 e. The van der Waals surface area contributed by atoms with E-state index in [-0.39, 0.29) is 5.91 Å². The monoisotopic (exact) mass is 522 g/mol. The van der Waals surface area contributed by atoms with Crippen LogP contribution in [0.2, 0.25) is 0 Å². The number of hydrogen-bond donors (Lipinski definition) is 2. The Hall–Kier alpha value is -2.17. The van der Waals surface area contributed by atoms with Gasteiger partial charge in [0.2, 0.25) is 11.3 Å². The van der Waals surface area contributed by atoms with Gasteiger partial charge in [-0.15, -0.1) is 0 Å². The van der Waals surface area contributed by atoms with Gasteiger partial charge in [-0.25, -0.2) is 17.3 Å². The van der Waals surface area contributed by atoms with E-state index in [4.69, 9.17) is 14.0 Å². The summed E-state index contributed by atoms with van der Waals surface area (Å²) in [5, 5.41) is 0. The standard InChI is InChI=1S/C24H31N2O7PS/c1-3-25(4-2)24(27)22-12-10-20(11-13-22)23(19-8-6-5-7-9-19)21-14-16-26(17-15-21)35(31)33-18-32-34(28,29)30/h5-13H,3-4,14-18H2,1-2H3,(H2,28,29,30). The maximum absolute atomic E-state index is 12.7. The lowest BCUT2D eigenvalue weighted by atomic mass is 9.88. The number of nitrogens with zero attached hydrogens (tertiary/aromatic N) is 2. The Morgan fingerprint density at radius 1 is 0.971 bits per heavy atom. The quantitative estimate of drug-likeness (QED) is 0.361. The van der Waals surface area contributed by atoms with Crippen LogP contribution in [0.1, 0.15) is 48.2 Å². The van der Waals surface area contributed by atoms with E-state index in [2.05, 4.69) is 4.52 Å². The van der Waals surface area contributed by atoms with Crippen LogP contribution in [0, 0.1) is 0 Å². The number of hydrogen-bond acceptors (Lipinski definition) is 5. The zero-order valence-electron chi connectivity index (χ0n) is 19.8. The Morgan fingerprint density at radius 3 is 2.06 bits per heavy atom. The van der Waals surface area contributed by atoms with E-state index in [9.17, 15) is 13.6 Å². The molecule has 0 saturated carbocycles. The van der Waals surface area contributed by atoms with Gasteiger partial charge in [0.25, 0.3) is 5.91 Å². The summed E-state index contributed by atoms with van der Waals surface area (Å²) in [6, 6.07) is 17.7. The first kappa shape index (κ1) is 27.4. The van der Waals surface area contributed by atoms with E-state index >= 15 is 0 Å². The Kier molecular flexibility index (Phi) is 9.94. The summed E-state index contributed by atoms with van der Waals surface area (Å²) in [7, 11) is -4.68. The van der Waals surface area contributed by atoms with Crippen LogP contribution in [0.3, 0.4) is 0 Å². The minimum absolute atomic E-state index is 0.00832. The summed E-state index contributed by atoms with van der Waals surface area (Å²) >= 11 is -1.87. The molecule has 2 N–H and O–H groups in total. The Balaban J connectivity index is 1.79. The van der Waals surface area contributed by atoms with Gasteiger partial charge in [0.15, 0.2) is 6.79 Å². The van der Waals surface area contributed by atoms with Crippen LogP contribution in [-0.2, 0) is 24.5 Å². The summed E-state index contributed by atoms with van der Waals surface area (Å²) < 4.78 is 33.8. The van der Waals surface area contributed by atoms with Crippen LogP contribution in [0.4, 0.5) is 0 Å². The molecule has 2 aromatic carbocycles. The second-order valence-corrected chi connectivity index (χ2v) is 10.3. The van der Waals surface area contributed by atoms with Crippen LogP contribution in [0.15, 0.2) is 60.2 Å². The Bertz CT molecular complexity index is 1090. The molecule has 0 spiro atoms. The highest BCUT2D eigenvalue weighted by molar-refractivity contribution is 7.77. The first-order valence-electron chi connectivity index (χ1n) is 11.4. The van der Waals surface area contributed by atoms with Crippen LogP contribution >= 0.6 is 7.82 Å². The third-order valence-electron chi connectivity index (χ3n) is 5.79. The number of benzene rings is 2. The van der Waals surface area contributed by atoms with E-state index in [0.717, 1.165) is 16.7 Å². The molecule has 1 heterocycles. The van der Waals surface area contributed by atoms with Crippen molar-refractivity contribution in [2.24, 2.45) is 0 Å². The minimum atomic E-state index is -4.68. The second kappa shape index (κ2) is 12.7. The van der Waals surface area contributed by atoms with Crippen LogP contribution < -0.4 is 0 Å². The van der Waals surface area contributed by atoms with E-state index in [1.165, 1.54) is 5.57 Å². The van der Waals surface area contributed by atoms with Crippen molar-refractivity contribution in [3.63, 3.8) is 0 Å². The van der Waals surface area contributed by atoms with Crippen molar-refractivity contribution in [3.8, 4) is 0 Å². The molecule has 1 amide bonds. The number of carbonyl (C=O) groups excluding carboxylic acids is 1. The topological polar surface area (TPSA) is 117 Å². The average Bonchev–Trinajstić information content (AvgIpc) is 2.85. The molecule has 1 atom stereocenters. The molecule has 1 aliphatic rings. The van der Waals surface area contributed by atoms with E-state index in [1.54, 1.807) is 9.21 Å². The van der Waals surface area contributed by atoms with Gasteiger partial charge in [-0.05, 0) is 55.5 Å². The zero-order valence-corrected chi connectivity index (χ0v) is 21.5. The van der Waals surface area contributed by atoms with Crippen molar-refractivity contribution in [1.82, 2.24) is 9.21 Å². The Labute approximate surface area is 208 Å². The number of piperidine rings is 1. The molecule has 190 valence electrons. The third-order valence-corrected chi connectivity index (χ3v) is 7.32. The van der Waals surface area contributed by atoms with Crippen LogP contribution in [-0.4, -0.2) is 62.1 Å². The molecule has 11 heteroatoms. The van der Waals surface area contributed by atoms with Crippen molar-refractivity contribution < 1.29 is 32.1 Å². The van der Waals surface area contributed by atoms with Gasteiger partial charge >= 0.3 is 7.82 Å². The first-order valence-corrected chi connectivity index (χ1v) is 14.0. The van der Waals surface area contributed by atoms with Gasteiger partial charge in [-0.2, -0.15) is 0 Å². The summed E-state index contributed by atoms with van der Waals surface area (Å²) in [4.78, 5) is 31.9. The van der Waals surface area contributed by atoms with Crippen molar-refractivity contribution in [2.45, 2.75) is 26.7 Å². The molecule has 3 rings (SSSR count). The summed E-state index contributed by atoms with van der Waals surface area (Å²) in [6.07, 6.45) is 1.28. The molecular formula is C24H31N2O7PS. The molecule has 1 saturated heterocycles. The van der Waals surface area contributed by atoms with Gasteiger partial charge in [0.1, 0.15) is 0 Å². The molecule has 9 nitrogen and oxygen atoms in total. The van der Waals surface area contributed by atoms with Gasteiger partial charge < -0.3 is 14.7 Å². The van der Waals surface area contributed by atoms with E-state index in [1.807, 2.05) is 68.4 Å². The average molecular weight is 523 g/mol. The number of carbonyl (C=O) groups is 1. The predicted molar refractivity (Wildman–Crippen MR) is 134 cm³/mol. The lowest BCUT2D eigenvalue weighted by molar-refractivity contribution is 0.0772. The van der Waals surface area contributed by atoms with E-state index in [0.29, 0.717) is 44.6 Å². The fourth-order valence-electron chi connectivity index (χ4n) is 4.01. The molecule has 35 heavy (non-hydrogen) atoms. The molecule has 0 radical (unpaired) electrons. The van der Waals surface area contributed by atoms with Crippen molar-refractivity contribution in [3.05, 3.63) is 76.9 Å². The largest absolute Gasteiger partial charge is 0.471 e. The second-order valence-electron chi connectivity index (χ2n) is 7.90. The number of phosphoric acid groups is 1. The summed E-state index contributed by atoms with van der Waals surface area (Å²) in [5.74, 6) is 0.00832. The first-order chi connectivity index (χ1) is 16.7. The lowest BCUT2D eigenvalue weighted by Gasteiger charge is -2.28. The fourth-order valence-corrected chi connectivity index (χ4v) is 5.04. The van der Waals surface area contributed by atoms with Crippen molar-refractivity contribution in [2.75, 3.05) is 33.0 Å². The fraction of sp³-hybridized carbons (Fsp3) is 0.375. The molecule has 0 aliphatic carbocycles. The Morgan fingerprint density at radius 2 is 1.51 bits per heavy atom. The number of amides is 1. The maximum Gasteiger partial charge on any atom is 0.471 e. The molecule has 0 bridgehead atoms. The van der Waals surface area contributed by atoms with Crippen LogP contribution in [0.25, 0.3) is 5.57 Å². The van der Waals surface area contributed by atoms with Crippen LogP contribution in [0.5, 0.6) is 0 Å². The highest BCUT2D eigenvalue weighted by Gasteiger charge is 2.24. The van der Waals surface area contributed by atoms with Crippen molar-refractivity contribution in [1.29, 1.82) is 0 Å². The van der Waals surface area contributed by atoms with E-state index < -0.39 is 25.9 Å². The highest BCUT2D eigenvalue weighted by atomic mass is 32.2.